The summed E-state index contributed by atoms with van der Waals surface area (Å²) in [4.78, 5) is 30.1. The molecular weight excluding hydrogens is 421 g/mol. The second-order valence-corrected chi connectivity index (χ2v) is 9.46. The molecule has 2 atom stereocenters. The van der Waals surface area contributed by atoms with Crippen molar-refractivity contribution in [3.8, 4) is 0 Å². The predicted molar refractivity (Wildman–Crippen MR) is 126 cm³/mol. The van der Waals surface area contributed by atoms with E-state index < -0.39 is 0 Å². The van der Waals surface area contributed by atoms with E-state index >= 15 is 0 Å². The number of ether oxygens (including phenoxy) is 1. The zero-order valence-corrected chi connectivity index (χ0v) is 19.4. The lowest BCUT2D eigenvalue weighted by Crippen LogP contribution is -2.57. The highest BCUT2D eigenvalue weighted by molar-refractivity contribution is 5.98. The molecule has 180 valence electrons. The molecule has 0 radical (unpaired) electrons. The molecule has 0 aromatic heterocycles. The van der Waals surface area contributed by atoms with Crippen LogP contribution in [0.4, 0.5) is 4.39 Å². The Bertz CT molecular complexity index is 851. The number of hydrogen-bond acceptors (Lipinski definition) is 4. The molecule has 3 aliphatic rings. The van der Waals surface area contributed by atoms with Crippen LogP contribution >= 0.6 is 0 Å². The first-order chi connectivity index (χ1) is 16.1. The van der Waals surface area contributed by atoms with E-state index in [0.717, 1.165) is 51.7 Å². The van der Waals surface area contributed by atoms with E-state index in [0.29, 0.717) is 12.1 Å². The van der Waals surface area contributed by atoms with Gasteiger partial charge in [0.2, 0.25) is 5.91 Å². The van der Waals surface area contributed by atoms with Crippen LogP contribution in [0.1, 0.15) is 63.4 Å². The van der Waals surface area contributed by atoms with Crippen LogP contribution in [-0.4, -0.2) is 66.5 Å². The molecule has 1 aromatic rings. The van der Waals surface area contributed by atoms with Gasteiger partial charge < -0.3 is 19.9 Å². The largest absolute Gasteiger partial charge is 0.482 e. The van der Waals surface area contributed by atoms with Gasteiger partial charge in [-0.1, -0.05) is 31.4 Å². The number of hydrogen-bond donors (Lipinski definition) is 1. The highest BCUT2D eigenvalue weighted by Crippen LogP contribution is 2.33. The summed E-state index contributed by atoms with van der Waals surface area (Å²) >= 11 is 0. The van der Waals surface area contributed by atoms with Crippen LogP contribution in [-0.2, 0) is 14.3 Å². The molecule has 4 rings (SSSR count). The fourth-order valence-corrected chi connectivity index (χ4v) is 5.21. The van der Waals surface area contributed by atoms with Gasteiger partial charge in [0.05, 0.1) is 6.04 Å². The van der Waals surface area contributed by atoms with Crippen molar-refractivity contribution in [1.29, 1.82) is 0 Å². The summed E-state index contributed by atoms with van der Waals surface area (Å²) in [6, 6.07) is 6.00. The molecule has 33 heavy (non-hydrogen) atoms. The summed E-state index contributed by atoms with van der Waals surface area (Å²) in [5.74, 6) is -0.588. The monoisotopic (exact) mass is 457 g/mol. The van der Waals surface area contributed by atoms with E-state index in [1.54, 1.807) is 23.1 Å². The van der Waals surface area contributed by atoms with Crippen LogP contribution in [0, 0.1) is 5.82 Å². The molecule has 1 N–H and O–H groups in total. The fraction of sp³-hybridized carbons (Fsp3) is 0.615. The number of carbonyl (C=O) groups is 2. The summed E-state index contributed by atoms with van der Waals surface area (Å²) in [5, 5.41) is 3.00. The lowest BCUT2D eigenvalue weighted by Gasteiger charge is -2.44. The van der Waals surface area contributed by atoms with Crippen LogP contribution in [0.3, 0.4) is 0 Å². The highest BCUT2D eigenvalue weighted by atomic mass is 19.1. The Kier molecular flexibility index (Phi) is 8.37. The summed E-state index contributed by atoms with van der Waals surface area (Å²) < 4.78 is 19.6. The quantitative estimate of drug-likeness (QED) is 0.501. The van der Waals surface area contributed by atoms with Gasteiger partial charge in [-0.15, -0.1) is 0 Å². The third kappa shape index (κ3) is 6.56. The van der Waals surface area contributed by atoms with Gasteiger partial charge in [0.25, 0.3) is 5.91 Å². The van der Waals surface area contributed by atoms with Crippen LogP contribution in [0.5, 0.6) is 0 Å². The summed E-state index contributed by atoms with van der Waals surface area (Å²) in [6.07, 6.45) is 11.3. The van der Waals surface area contributed by atoms with Crippen molar-refractivity contribution in [2.75, 3.05) is 32.7 Å². The second-order valence-electron chi connectivity index (χ2n) is 9.46. The zero-order chi connectivity index (χ0) is 23.0. The van der Waals surface area contributed by atoms with Gasteiger partial charge in [-0.2, -0.15) is 0 Å². The van der Waals surface area contributed by atoms with Crippen molar-refractivity contribution < 1.29 is 18.7 Å². The number of likely N-dealkylation sites (tertiary alicyclic amines) is 1. The number of carbonyl (C=O) groups excluding carboxylic acids is 2. The summed E-state index contributed by atoms with van der Waals surface area (Å²) in [5.41, 5.74) is 0.575. The number of halogens is 1. The maximum Gasteiger partial charge on any atom is 0.289 e. The number of benzene rings is 1. The average molecular weight is 458 g/mol. The lowest BCUT2D eigenvalue weighted by atomic mass is 9.89. The van der Waals surface area contributed by atoms with Crippen LogP contribution in [0.2, 0.25) is 0 Å². The summed E-state index contributed by atoms with van der Waals surface area (Å²) in [7, 11) is 0. The molecule has 0 bridgehead atoms. The molecule has 2 unspecified atom stereocenters. The Morgan fingerprint density at radius 1 is 1.12 bits per heavy atom. The smallest absolute Gasteiger partial charge is 0.289 e. The molecular formula is C26H36FN3O3. The molecule has 2 heterocycles. The standard InChI is InChI=1S/C26H36FN3O3/c27-21-10-7-9-20(17-21)18-24-26(32)30(22-11-3-4-12-23(22)33-24)19-25(31)28-13-8-16-29-14-5-1-2-6-15-29/h7,9-10,17-18,22-23H,1-6,8,11-16,19H2,(H,28,31)/b24-18+. The van der Waals surface area contributed by atoms with Gasteiger partial charge in [-0.25, -0.2) is 4.39 Å². The van der Waals surface area contributed by atoms with E-state index in [4.69, 9.17) is 4.74 Å². The van der Waals surface area contributed by atoms with Crippen LogP contribution in [0.15, 0.2) is 30.0 Å². The molecule has 2 amide bonds. The van der Waals surface area contributed by atoms with Gasteiger partial charge in [0.15, 0.2) is 5.76 Å². The molecule has 7 heteroatoms. The number of nitrogens with one attached hydrogen (secondary N) is 1. The third-order valence-electron chi connectivity index (χ3n) is 6.95. The second kappa shape index (κ2) is 11.6. The average Bonchev–Trinajstić information content (AvgIpc) is 3.08. The minimum absolute atomic E-state index is 0.0353. The van der Waals surface area contributed by atoms with Crippen molar-refractivity contribution >= 4 is 17.9 Å². The van der Waals surface area contributed by atoms with Gasteiger partial charge in [-0.3, -0.25) is 9.59 Å². The lowest BCUT2D eigenvalue weighted by molar-refractivity contribution is -0.151. The van der Waals surface area contributed by atoms with Crippen molar-refractivity contribution in [1.82, 2.24) is 15.1 Å². The number of fused-ring (bicyclic) bond motifs is 1. The fourth-order valence-electron chi connectivity index (χ4n) is 5.21. The Morgan fingerprint density at radius 3 is 2.70 bits per heavy atom. The van der Waals surface area contributed by atoms with Gasteiger partial charge in [0.1, 0.15) is 18.5 Å². The van der Waals surface area contributed by atoms with E-state index in [9.17, 15) is 14.0 Å². The maximum atomic E-state index is 13.6. The number of rotatable bonds is 7. The Morgan fingerprint density at radius 2 is 1.91 bits per heavy atom. The van der Waals surface area contributed by atoms with Crippen LogP contribution in [0.25, 0.3) is 6.08 Å². The minimum Gasteiger partial charge on any atom is -0.482 e. The number of amides is 2. The highest BCUT2D eigenvalue weighted by Gasteiger charge is 2.42. The SMILES string of the molecule is O=C(CN1C(=O)/C(=C\c2cccc(F)c2)OC2CCCCC21)NCCCN1CCCCCC1. The molecule has 0 spiro atoms. The third-order valence-corrected chi connectivity index (χ3v) is 6.95. The molecule has 1 saturated carbocycles. The number of morpholine rings is 1. The normalized spacial score (nSPS) is 25.3. The van der Waals surface area contributed by atoms with Crippen molar-refractivity contribution in [2.24, 2.45) is 0 Å². The van der Waals surface area contributed by atoms with Crippen molar-refractivity contribution in [3.63, 3.8) is 0 Å². The Balaban J connectivity index is 1.34. The Labute approximate surface area is 196 Å². The van der Waals surface area contributed by atoms with E-state index in [-0.39, 0.29) is 42.1 Å². The van der Waals surface area contributed by atoms with Gasteiger partial charge in [0, 0.05) is 6.54 Å². The number of nitrogens with zero attached hydrogens (tertiary/aromatic N) is 2. The molecule has 2 saturated heterocycles. The Hall–Kier alpha value is -2.41. The molecule has 6 nitrogen and oxygen atoms in total. The summed E-state index contributed by atoms with van der Waals surface area (Å²) in [6.45, 7) is 3.96. The van der Waals surface area contributed by atoms with E-state index in [1.165, 1.54) is 37.8 Å². The van der Waals surface area contributed by atoms with Gasteiger partial charge in [-0.05, 0) is 81.9 Å². The molecule has 1 aromatic carbocycles. The first-order valence-corrected chi connectivity index (χ1v) is 12.5. The molecule has 1 aliphatic carbocycles. The molecule has 2 aliphatic heterocycles. The van der Waals surface area contributed by atoms with Crippen molar-refractivity contribution in [3.05, 3.63) is 41.4 Å². The van der Waals surface area contributed by atoms with Gasteiger partial charge >= 0.3 is 0 Å². The first kappa shape index (κ1) is 23.7. The minimum atomic E-state index is -0.362. The topological polar surface area (TPSA) is 61.9 Å². The maximum absolute atomic E-state index is 13.6. The first-order valence-electron chi connectivity index (χ1n) is 12.5. The molecule has 3 fully saturated rings. The van der Waals surface area contributed by atoms with Crippen LogP contribution < -0.4 is 5.32 Å². The predicted octanol–water partition coefficient (Wildman–Crippen LogP) is 3.72. The van der Waals surface area contributed by atoms with E-state index in [1.807, 2.05) is 0 Å². The van der Waals surface area contributed by atoms with Crippen molar-refractivity contribution in [2.45, 2.75) is 69.9 Å². The zero-order valence-electron chi connectivity index (χ0n) is 19.4. The van der Waals surface area contributed by atoms with E-state index in [2.05, 4.69) is 10.2 Å².